The van der Waals surface area contributed by atoms with Gasteiger partial charge in [-0.1, -0.05) is 28.8 Å². The molecule has 10 heavy (non-hydrogen) atoms. The summed E-state index contributed by atoms with van der Waals surface area (Å²) in [4.78, 5) is 0. The molecule has 0 N–H and O–H groups in total. The summed E-state index contributed by atoms with van der Waals surface area (Å²) in [6.45, 7) is 4.56. The largest absolute Gasteiger partial charge is 0.376 e. The topological polar surface area (TPSA) is 9.23 Å². The normalized spacial score (nSPS) is 10.2. The van der Waals surface area contributed by atoms with Crippen molar-refractivity contribution in [2.24, 2.45) is 0 Å². The molecule has 0 unspecified atom stereocenters. The number of unbranched alkanes of at least 4 members (excludes halogenated alkanes) is 3. The van der Waals surface area contributed by atoms with Crippen molar-refractivity contribution in [2.45, 2.75) is 32.6 Å². The highest BCUT2D eigenvalue weighted by Gasteiger charge is 1.87. The van der Waals surface area contributed by atoms with Crippen LogP contribution >= 0.6 is 15.9 Å². The predicted molar refractivity (Wildman–Crippen MR) is 48.2 cm³/mol. The molecule has 0 amide bonds. The monoisotopic (exact) mass is 207 g/mol. The van der Waals surface area contributed by atoms with Gasteiger partial charge in [0.2, 0.25) is 0 Å². The first kappa shape index (κ1) is 10.4. The van der Waals surface area contributed by atoms with Crippen LogP contribution in [0.1, 0.15) is 32.6 Å². The fourth-order valence-corrected chi connectivity index (χ4v) is 1.15. The molecule has 0 atom stereocenters. The van der Waals surface area contributed by atoms with Crippen LogP contribution in [0.4, 0.5) is 0 Å². The molecule has 2 heteroatoms. The zero-order valence-corrected chi connectivity index (χ0v) is 8.19. The van der Waals surface area contributed by atoms with E-state index in [4.69, 9.17) is 4.74 Å². The lowest BCUT2D eigenvalue weighted by atomic mass is 10.2. The lowest BCUT2D eigenvalue weighted by Crippen LogP contribution is -1.89. The standard InChI is InChI=1S/C8H16BrO/c1-2-10-8-6-4-3-5-7-9/h2H,3-8H2,1H3. The van der Waals surface area contributed by atoms with Gasteiger partial charge in [-0.25, -0.2) is 0 Å². The molecule has 0 bridgehead atoms. The summed E-state index contributed by atoms with van der Waals surface area (Å²) in [5.41, 5.74) is 0. The van der Waals surface area contributed by atoms with E-state index in [2.05, 4.69) is 15.9 Å². The Hall–Kier alpha value is 0.440. The van der Waals surface area contributed by atoms with E-state index in [1.807, 2.05) is 6.92 Å². The van der Waals surface area contributed by atoms with E-state index >= 15 is 0 Å². The number of rotatable bonds is 7. The van der Waals surface area contributed by atoms with E-state index in [9.17, 15) is 0 Å². The Balaban J connectivity index is 2.65. The molecule has 0 aromatic heterocycles. The minimum atomic E-state index is 0.888. The van der Waals surface area contributed by atoms with Crippen molar-refractivity contribution in [3.63, 3.8) is 0 Å². The number of hydrogen-bond acceptors (Lipinski definition) is 1. The second-order valence-electron chi connectivity index (χ2n) is 2.21. The first-order valence-corrected chi connectivity index (χ1v) is 4.99. The quantitative estimate of drug-likeness (QED) is 0.461. The SMILES string of the molecule is C[CH]OCCCCCCBr. The molecule has 0 saturated heterocycles. The summed E-state index contributed by atoms with van der Waals surface area (Å²) < 4.78 is 5.08. The van der Waals surface area contributed by atoms with Gasteiger partial charge in [0.05, 0.1) is 6.61 Å². The van der Waals surface area contributed by atoms with Crippen LogP contribution in [0, 0.1) is 6.61 Å². The molecule has 61 valence electrons. The molecule has 1 radical (unpaired) electrons. The van der Waals surface area contributed by atoms with Crippen molar-refractivity contribution < 1.29 is 4.74 Å². The molecule has 1 nitrogen and oxygen atoms in total. The molecule has 0 heterocycles. The Morgan fingerprint density at radius 2 is 1.90 bits per heavy atom. The van der Waals surface area contributed by atoms with Crippen LogP contribution in [0.25, 0.3) is 0 Å². The van der Waals surface area contributed by atoms with Crippen LogP contribution in [-0.2, 0) is 4.74 Å². The molecule has 0 aliphatic carbocycles. The van der Waals surface area contributed by atoms with Gasteiger partial charge in [0.15, 0.2) is 0 Å². The summed E-state index contributed by atoms with van der Waals surface area (Å²) in [6, 6.07) is 0. The smallest absolute Gasteiger partial charge is 0.0805 e. The fourth-order valence-electron chi connectivity index (χ4n) is 0.751. The van der Waals surface area contributed by atoms with Gasteiger partial charge in [-0.3, -0.25) is 0 Å². The average molecular weight is 208 g/mol. The highest BCUT2D eigenvalue weighted by molar-refractivity contribution is 9.09. The van der Waals surface area contributed by atoms with E-state index in [1.165, 1.54) is 25.7 Å². The van der Waals surface area contributed by atoms with Gasteiger partial charge >= 0.3 is 0 Å². The summed E-state index contributed by atoms with van der Waals surface area (Å²) >= 11 is 3.39. The Morgan fingerprint density at radius 1 is 1.20 bits per heavy atom. The lowest BCUT2D eigenvalue weighted by Gasteiger charge is -1.98. The average Bonchev–Trinajstić information content (AvgIpc) is 1.97. The van der Waals surface area contributed by atoms with E-state index in [0.29, 0.717) is 0 Å². The molecule has 0 aromatic carbocycles. The number of alkyl halides is 1. The maximum absolute atomic E-state index is 5.08. The third-order valence-electron chi connectivity index (χ3n) is 1.31. The molecule has 0 aliphatic heterocycles. The first-order valence-electron chi connectivity index (χ1n) is 3.87. The van der Waals surface area contributed by atoms with E-state index in [0.717, 1.165) is 11.9 Å². The Bertz CT molecular complexity index is 49.2. The molecule has 0 fully saturated rings. The van der Waals surface area contributed by atoms with Gasteiger partial charge in [0, 0.05) is 11.9 Å². The second-order valence-corrected chi connectivity index (χ2v) is 3.00. The second kappa shape index (κ2) is 9.44. The lowest BCUT2D eigenvalue weighted by molar-refractivity contribution is 0.198. The number of hydrogen-bond donors (Lipinski definition) is 0. The van der Waals surface area contributed by atoms with Crippen molar-refractivity contribution in [1.29, 1.82) is 0 Å². The van der Waals surface area contributed by atoms with E-state index < -0.39 is 0 Å². The third-order valence-corrected chi connectivity index (χ3v) is 1.87. The molecule has 0 spiro atoms. The van der Waals surface area contributed by atoms with Crippen molar-refractivity contribution in [3.8, 4) is 0 Å². The van der Waals surface area contributed by atoms with Crippen LogP contribution in [0.15, 0.2) is 0 Å². The fraction of sp³-hybridized carbons (Fsp3) is 0.875. The van der Waals surface area contributed by atoms with Crippen molar-refractivity contribution in [3.05, 3.63) is 6.61 Å². The summed E-state index contributed by atoms with van der Waals surface area (Å²) in [5.74, 6) is 0. The maximum Gasteiger partial charge on any atom is 0.0805 e. The zero-order chi connectivity index (χ0) is 7.66. The summed E-state index contributed by atoms with van der Waals surface area (Å²) in [5, 5.41) is 1.13. The van der Waals surface area contributed by atoms with Crippen molar-refractivity contribution >= 4 is 15.9 Å². The minimum absolute atomic E-state index is 0.888. The van der Waals surface area contributed by atoms with Crippen LogP contribution in [0.5, 0.6) is 0 Å². The van der Waals surface area contributed by atoms with Gasteiger partial charge < -0.3 is 4.74 Å². The van der Waals surface area contributed by atoms with Gasteiger partial charge in [-0.2, -0.15) is 0 Å². The maximum atomic E-state index is 5.08. The van der Waals surface area contributed by atoms with Crippen molar-refractivity contribution in [2.75, 3.05) is 11.9 Å². The Labute approximate surface area is 72.3 Å². The van der Waals surface area contributed by atoms with Crippen molar-refractivity contribution in [1.82, 2.24) is 0 Å². The van der Waals surface area contributed by atoms with Crippen LogP contribution < -0.4 is 0 Å². The molecule has 0 aliphatic rings. The Kier molecular flexibility index (Phi) is 9.86. The minimum Gasteiger partial charge on any atom is -0.376 e. The molecular weight excluding hydrogens is 192 g/mol. The molecule has 0 saturated carbocycles. The van der Waals surface area contributed by atoms with Gasteiger partial charge in [-0.15, -0.1) is 0 Å². The molecule has 0 rings (SSSR count). The van der Waals surface area contributed by atoms with Crippen LogP contribution in [0.2, 0.25) is 0 Å². The first-order chi connectivity index (χ1) is 4.91. The highest BCUT2D eigenvalue weighted by Crippen LogP contribution is 2.01. The number of ether oxygens (including phenoxy) is 1. The summed E-state index contributed by atoms with van der Waals surface area (Å²) in [6.07, 6.45) is 5.09. The van der Waals surface area contributed by atoms with Gasteiger partial charge in [-0.05, 0) is 19.8 Å². The van der Waals surface area contributed by atoms with E-state index in [1.54, 1.807) is 6.61 Å². The third kappa shape index (κ3) is 8.44. The van der Waals surface area contributed by atoms with Gasteiger partial charge in [0.25, 0.3) is 0 Å². The number of halogens is 1. The molecule has 0 aromatic rings. The van der Waals surface area contributed by atoms with Crippen LogP contribution in [0.3, 0.4) is 0 Å². The zero-order valence-electron chi connectivity index (χ0n) is 6.61. The summed E-state index contributed by atoms with van der Waals surface area (Å²) in [7, 11) is 0. The Morgan fingerprint density at radius 3 is 2.50 bits per heavy atom. The van der Waals surface area contributed by atoms with Crippen LogP contribution in [-0.4, -0.2) is 11.9 Å². The van der Waals surface area contributed by atoms with E-state index in [-0.39, 0.29) is 0 Å². The predicted octanol–water partition coefficient (Wildman–Crippen LogP) is 3.14. The highest BCUT2D eigenvalue weighted by atomic mass is 79.9. The molecular formula is C8H16BrO. The van der Waals surface area contributed by atoms with Gasteiger partial charge in [0.1, 0.15) is 0 Å².